The van der Waals surface area contributed by atoms with Crippen LogP contribution < -0.4 is 4.57 Å². The lowest BCUT2D eigenvalue weighted by Crippen LogP contribution is -2.31. The molecule has 1 aliphatic heterocycles. The van der Waals surface area contributed by atoms with Gasteiger partial charge >= 0.3 is 0 Å². The summed E-state index contributed by atoms with van der Waals surface area (Å²) in [6.45, 7) is 8.68. The molecule has 1 aliphatic rings. The van der Waals surface area contributed by atoms with E-state index in [0.717, 1.165) is 0 Å². The third-order valence-electron chi connectivity index (χ3n) is 3.68. The molecular weight excluding hydrogens is 272 g/mol. The zero-order valence-electron chi connectivity index (χ0n) is 12.4. The third-order valence-corrected chi connectivity index (χ3v) is 6.12. The number of nitrogens with zero attached hydrogens (tertiary/aromatic N) is 2. The largest absolute Gasteiger partial charge is 0.342 e. The monoisotopic (exact) mass is 293 g/mol. The second-order valence-electron chi connectivity index (χ2n) is 4.81. The van der Waals surface area contributed by atoms with Gasteiger partial charge in [0.1, 0.15) is 7.05 Å². The van der Waals surface area contributed by atoms with Crippen LogP contribution in [0, 0.1) is 13.8 Å². The van der Waals surface area contributed by atoms with Crippen molar-refractivity contribution in [3.63, 3.8) is 0 Å². The first-order valence-electron chi connectivity index (χ1n) is 6.35. The highest BCUT2D eigenvalue weighted by Gasteiger charge is 2.18. The van der Waals surface area contributed by atoms with Crippen molar-refractivity contribution in [3.05, 3.63) is 43.4 Å². The second-order valence-corrected chi connectivity index (χ2v) is 7.28. The maximum absolute atomic E-state index is 2.25. The van der Waals surface area contributed by atoms with E-state index in [1.54, 1.807) is 0 Å². The molecule has 0 radical (unpaired) electrons. The van der Waals surface area contributed by atoms with Gasteiger partial charge in [0.15, 0.2) is 5.69 Å². The Hall–Kier alpha value is -1.000. The van der Waals surface area contributed by atoms with E-state index in [1.807, 2.05) is 23.1 Å². The molecule has 0 aromatic carbocycles. The summed E-state index contributed by atoms with van der Waals surface area (Å²) in [6.07, 6.45) is 6.53. The van der Waals surface area contributed by atoms with Crippen LogP contribution in [-0.4, -0.2) is 11.9 Å². The lowest BCUT2D eigenvalue weighted by molar-refractivity contribution is -0.674. The summed E-state index contributed by atoms with van der Waals surface area (Å²) in [7, 11) is 4.25. The molecule has 0 atom stereocenters. The SMILES string of the molecule is CC1=C(C)N(C)/C(=C/C=C/c2sc(C)c(C)[n+]2C)S1. The Labute approximate surface area is 124 Å². The summed E-state index contributed by atoms with van der Waals surface area (Å²) >= 11 is 3.68. The van der Waals surface area contributed by atoms with Gasteiger partial charge in [0.25, 0.3) is 5.01 Å². The molecule has 0 saturated carbocycles. The maximum Gasteiger partial charge on any atom is 0.261 e. The molecule has 1 aromatic rings. The zero-order chi connectivity index (χ0) is 14.2. The van der Waals surface area contributed by atoms with Crippen LogP contribution in [0.25, 0.3) is 6.08 Å². The zero-order valence-corrected chi connectivity index (χ0v) is 14.1. The van der Waals surface area contributed by atoms with E-state index in [0.29, 0.717) is 0 Å². The van der Waals surface area contributed by atoms with Gasteiger partial charge in [-0.3, -0.25) is 0 Å². The van der Waals surface area contributed by atoms with Gasteiger partial charge in [-0.25, -0.2) is 0 Å². The van der Waals surface area contributed by atoms with E-state index in [2.05, 4.69) is 69.5 Å². The number of rotatable bonds is 2. The smallest absolute Gasteiger partial charge is 0.261 e. The molecule has 19 heavy (non-hydrogen) atoms. The van der Waals surface area contributed by atoms with Crippen molar-refractivity contribution in [2.75, 3.05) is 7.05 Å². The van der Waals surface area contributed by atoms with Crippen molar-refractivity contribution in [1.29, 1.82) is 0 Å². The molecule has 0 bridgehead atoms. The van der Waals surface area contributed by atoms with E-state index in [1.165, 1.54) is 31.2 Å². The topological polar surface area (TPSA) is 7.12 Å². The Morgan fingerprint density at radius 2 is 1.84 bits per heavy atom. The standard InChI is InChI=1S/C15H21N2S2/c1-10-12(3)18-14(16(10)5)8-7-9-15-17(6)11(2)13(4)19-15/h7-9H,1-6H3/q+1. The molecule has 102 valence electrons. The van der Waals surface area contributed by atoms with Crippen LogP contribution in [0.4, 0.5) is 0 Å². The highest BCUT2D eigenvalue weighted by atomic mass is 32.2. The van der Waals surface area contributed by atoms with Crippen LogP contribution in [0.5, 0.6) is 0 Å². The molecule has 2 rings (SSSR count). The lowest BCUT2D eigenvalue weighted by atomic mass is 10.4. The summed E-state index contributed by atoms with van der Waals surface area (Å²) in [5.74, 6) is 0. The van der Waals surface area contributed by atoms with Gasteiger partial charge in [-0.15, -0.1) is 0 Å². The highest BCUT2D eigenvalue weighted by molar-refractivity contribution is 8.06. The predicted molar refractivity (Wildman–Crippen MR) is 85.8 cm³/mol. The van der Waals surface area contributed by atoms with Gasteiger partial charge in [0.2, 0.25) is 0 Å². The molecule has 0 N–H and O–H groups in total. The van der Waals surface area contributed by atoms with Crippen molar-refractivity contribution in [1.82, 2.24) is 4.90 Å². The fourth-order valence-corrected chi connectivity index (χ4v) is 3.94. The molecule has 0 saturated heterocycles. The van der Waals surface area contributed by atoms with Crippen LogP contribution in [-0.2, 0) is 7.05 Å². The van der Waals surface area contributed by atoms with Crippen LogP contribution in [0.3, 0.4) is 0 Å². The maximum atomic E-state index is 2.25. The van der Waals surface area contributed by atoms with Gasteiger partial charge in [0.05, 0.1) is 9.91 Å². The Morgan fingerprint density at radius 3 is 2.32 bits per heavy atom. The summed E-state index contributed by atoms with van der Waals surface area (Å²) in [4.78, 5) is 5.01. The normalized spacial score (nSPS) is 18.4. The highest BCUT2D eigenvalue weighted by Crippen LogP contribution is 2.39. The fraction of sp³-hybridized carbons (Fsp3) is 0.400. The van der Waals surface area contributed by atoms with E-state index in [-0.39, 0.29) is 0 Å². The molecular formula is C15H21N2S2+. The van der Waals surface area contributed by atoms with Crippen LogP contribution in [0.2, 0.25) is 0 Å². The molecule has 0 aliphatic carbocycles. The minimum atomic E-state index is 1.29. The van der Waals surface area contributed by atoms with Crippen LogP contribution in [0.1, 0.15) is 29.4 Å². The quantitative estimate of drug-likeness (QED) is 0.762. The minimum Gasteiger partial charge on any atom is -0.342 e. The molecule has 2 nitrogen and oxygen atoms in total. The third kappa shape index (κ3) is 2.79. The van der Waals surface area contributed by atoms with Crippen molar-refractivity contribution >= 4 is 29.2 Å². The number of hydrogen-bond acceptors (Lipinski definition) is 3. The van der Waals surface area contributed by atoms with E-state index in [9.17, 15) is 0 Å². The van der Waals surface area contributed by atoms with Gasteiger partial charge in [-0.2, -0.15) is 4.57 Å². The lowest BCUT2D eigenvalue weighted by Gasteiger charge is -2.13. The second kappa shape index (κ2) is 5.55. The molecule has 0 amide bonds. The van der Waals surface area contributed by atoms with Crippen molar-refractivity contribution in [3.8, 4) is 0 Å². The number of hydrogen-bond donors (Lipinski definition) is 0. The van der Waals surface area contributed by atoms with Gasteiger partial charge in [-0.05, 0) is 26.8 Å². The number of thioether (sulfide) groups is 1. The number of thiazole rings is 1. The summed E-state index contributed by atoms with van der Waals surface area (Å²) in [6, 6.07) is 0. The molecule has 2 heterocycles. The summed E-state index contributed by atoms with van der Waals surface area (Å²) < 4.78 is 2.25. The van der Waals surface area contributed by atoms with Crippen molar-refractivity contribution in [2.45, 2.75) is 27.7 Å². The van der Waals surface area contributed by atoms with Gasteiger partial charge in [-0.1, -0.05) is 29.2 Å². The summed E-state index contributed by atoms with van der Waals surface area (Å²) in [5, 5.41) is 2.58. The Kier molecular flexibility index (Phi) is 4.21. The Morgan fingerprint density at radius 1 is 1.16 bits per heavy atom. The Bertz CT molecular complexity index is 592. The van der Waals surface area contributed by atoms with Crippen LogP contribution >= 0.6 is 23.1 Å². The van der Waals surface area contributed by atoms with Gasteiger partial charge < -0.3 is 4.90 Å². The van der Waals surface area contributed by atoms with Crippen molar-refractivity contribution in [2.24, 2.45) is 7.05 Å². The van der Waals surface area contributed by atoms with E-state index >= 15 is 0 Å². The first kappa shape index (κ1) is 14.4. The molecule has 0 unspecified atom stereocenters. The molecule has 0 spiro atoms. The molecule has 0 fully saturated rings. The number of aryl methyl sites for hydroxylation is 1. The first-order chi connectivity index (χ1) is 8.91. The predicted octanol–water partition coefficient (Wildman–Crippen LogP) is 3.97. The van der Waals surface area contributed by atoms with Gasteiger partial charge in [0, 0.05) is 30.6 Å². The fourth-order valence-electron chi connectivity index (χ4n) is 1.91. The average Bonchev–Trinajstić information content (AvgIpc) is 2.76. The average molecular weight is 293 g/mol. The van der Waals surface area contributed by atoms with Crippen molar-refractivity contribution < 1.29 is 4.57 Å². The van der Waals surface area contributed by atoms with Crippen LogP contribution in [0.15, 0.2) is 27.8 Å². The first-order valence-corrected chi connectivity index (χ1v) is 7.98. The molecule has 4 heteroatoms. The Balaban J connectivity index is 2.15. The number of aromatic nitrogens is 1. The minimum absolute atomic E-state index is 1.29. The number of allylic oxidation sites excluding steroid dienone is 4. The summed E-state index contributed by atoms with van der Waals surface area (Å²) in [5.41, 5.74) is 2.69. The molecule has 1 aromatic heterocycles. The van der Waals surface area contributed by atoms with E-state index < -0.39 is 0 Å². The van der Waals surface area contributed by atoms with E-state index in [4.69, 9.17) is 0 Å².